The Bertz CT molecular complexity index is 1460. The first kappa shape index (κ1) is 31.5. The van der Waals surface area contributed by atoms with Gasteiger partial charge in [0.05, 0.1) is 57.8 Å². The number of nitrogens with zero attached hydrogens (tertiary/aromatic N) is 2. The number of aryl methyl sites for hydroxylation is 1. The number of benzene rings is 3. The monoisotopic (exact) mass is 612 g/mol. The highest BCUT2D eigenvalue weighted by molar-refractivity contribution is 7.86. The average Bonchev–Trinajstić information content (AvgIpc) is 3.47. The predicted molar refractivity (Wildman–Crippen MR) is 163 cm³/mol. The molecule has 1 heterocycles. The molecule has 9 nitrogen and oxygen atoms in total. The van der Waals surface area contributed by atoms with Crippen molar-refractivity contribution in [3.63, 3.8) is 0 Å². The van der Waals surface area contributed by atoms with Crippen LogP contribution in [0.2, 0.25) is 0 Å². The van der Waals surface area contributed by atoms with E-state index >= 15 is 0 Å². The molecule has 42 heavy (non-hydrogen) atoms. The number of ether oxygens (including phenoxy) is 4. The molecule has 11 heteroatoms. The van der Waals surface area contributed by atoms with Crippen molar-refractivity contribution in [3.05, 3.63) is 101 Å². The number of hydrogen-bond acceptors (Lipinski definition) is 10. The summed E-state index contributed by atoms with van der Waals surface area (Å²) in [7, 11) is -0.472. The van der Waals surface area contributed by atoms with E-state index in [4.69, 9.17) is 28.1 Å². The summed E-state index contributed by atoms with van der Waals surface area (Å²) in [6.45, 7) is 4.25. The third-order valence-electron chi connectivity index (χ3n) is 6.22. The van der Waals surface area contributed by atoms with Crippen molar-refractivity contribution in [3.8, 4) is 11.5 Å². The number of rotatable bonds is 17. The van der Waals surface area contributed by atoms with Gasteiger partial charge in [0.25, 0.3) is 10.1 Å². The lowest BCUT2D eigenvalue weighted by Gasteiger charge is -2.22. The van der Waals surface area contributed by atoms with Crippen LogP contribution in [0.4, 0.5) is 5.13 Å². The van der Waals surface area contributed by atoms with Crippen molar-refractivity contribution in [1.82, 2.24) is 4.98 Å². The second-order valence-electron chi connectivity index (χ2n) is 9.43. The van der Waals surface area contributed by atoms with E-state index in [1.165, 1.54) is 12.1 Å². The third-order valence-corrected chi connectivity index (χ3v) is 8.50. The molecule has 224 valence electrons. The quantitative estimate of drug-likeness (QED) is 0.111. The molecule has 0 spiro atoms. The molecule has 0 unspecified atom stereocenters. The zero-order valence-corrected chi connectivity index (χ0v) is 25.7. The highest BCUT2D eigenvalue weighted by Crippen LogP contribution is 2.27. The van der Waals surface area contributed by atoms with Crippen molar-refractivity contribution in [2.45, 2.75) is 31.5 Å². The molecule has 4 rings (SSSR count). The van der Waals surface area contributed by atoms with Gasteiger partial charge in [0.15, 0.2) is 5.13 Å². The maximum atomic E-state index is 12.2. The number of aromatic nitrogens is 1. The smallest absolute Gasteiger partial charge is 0.297 e. The zero-order valence-electron chi connectivity index (χ0n) is 24.0. The Morgan fingerprint density at radius 1 is 0.786 bits per heavy atom. The Labute approximate surface area is 251 Å². The third kappa shape index (κ3) is 9.53. The van der Waals surface area contributed by atoms with Crippen LogP contribution in [0.25, 0.3) is 0 Å². The van der Waals surface area contributed by atoms with Crippen molar-refractivity contribution < 1.29 is 31.5 Å². The normalized spacial score (nSPS) is 11.4. The molecular formula is C31H36N2O7S2. The van der Waals surface area contributed by atoms with Crippen molar-refractivity contribution in [2.75, 3.05) is 45.5 Å². The van der Waals surface area contributed by atoms with Gasteiger partial charge in [-0.1, -0.05) is 42.0 Å². The molecule has 0 aliphatic rings. The molecule has 0 atom stereocenters. The summed E-state index contributed by atoms with van der Waals surface area (Å²) in [6.07, 6.45) is 0. The Morgan fingerprint density at radius 3 is 2.00 bits per heavy atom. The van der Waals surface area contributed by atoms with Crippen LogP contribution in [0, 0.1) is 6.92 Å². The van der Waals surface area contributed by atoms with E-state index in [-0.39, 0.29) is 18.1 Å². The van der Waals surface area contributed by atoms with Crippen molar-refractivity contribution in [1.29, 1.82) is 0 Å². The van der Waals surface area contributed by atoms with E-state index in [9.17, 15) is 8.42 Å². The van der Waals surface area contributed by atoms with Crippen LogP contribution < -0.4 is 14.4 Å². The Kier molecular flexibility index (Phi) is 11.7. The second-order valence-corrected chi connectivity index (χ2v) is 11.9. The van der Waals surface area contributed by atoms with Gasteiger partial charge in [0.2, 0.25) is 0 Å². The molecule has 0 aliphatic carbocycles. The first-order chi connectivity index (χ1) is 20.4. The van der Waals surface area contributed by atoms with Crippen LogP contribution in [0.5, 0.6) is 11.5 Å². The van der Waals surface area contributed by atoms with E-state index < -0.39 is 10.1 Å². The maximum Gasteiger partial charge on any atom is 0.297 e. The molecule has 0 amide bonds. The van der Waals surface area contributed by atoms with Gasteiger partial charge in [-0.2, -0.15) is 8.42 Å². The van der Waals surface area contributed by atoms with Crippen LogP contribution in [0.3, 0.4) is 0 Å². The van der Waals surface area contributed by atoms with Gasteiger partial charge in [-0.25, -0.2) is 4.98 Å². The molecule has 3 aromatic carbocycles. The van der Waals surface area contributed by atoms with Gasteiger partial charge in [-0.3, -0.25) is 4.18 Å². The topological polar surface area (TPSA) is 96.4 Å². The number of hydrogen-bond donors (Lipinski definition) is 0. The molecule has 0 fully saturated rings. The van der Waals surface area contributed by atoms with Crippen molar-refractivity contribution in [2.24, 2.45) is 0 Å². The average molecular weight is 613 g/mol. The van der Waals surface area contributed by atoms with Crippen LogP contribution in [-0.2, 0) is 43.5 Å². The molecule has 0 bridgehead atoms. The minimum atomic E-state index is -3.80. The summed E-state index contributed by atoms with van der Waals surface area (Å²) in [5.41, 5.74) is 4.02. The fourth-order valence-corrected chi connectivity index (χ4v) is 5.76. The second kappa shape index (κ2) is 15.7. The Morgan fingerprint density at radius 2 is 1.38 bits per heavy atom. The maximum absolute atomic E-state index is 12.2. The lowest BCUT2D eigenvalue weighted by atomic mass is 10.1. The summed E-state index contributed by atoms with van der Waals surface area (Å²) in [4.78, 5) is 7.17. The lowest BCUT2D eigenvalue weighted by Crippen LogP contribution is -2.22. The molecule has 0 N–H and O–H groups in total. The van der Waals surface area contributed by atoms with E-state index in [1.54, 1.807) is 37.7 Å². The highest BCUT2D eigenvalue weighted by Gasteiger charge is 2.16. The van der Waals surface area contributed by atoms with Crippen molar-refractivity contribution >= 4 is 26.6 Å². The van der Waals surface area contributed by atoms with E-state index in [0.717, 1.165) is 39.0 Å². The first-order valence-electron chi connectivity index (χ1n) is 13.4. The van der Waals surface area contributed by atoms with Gasteiger partial charge in [-0.05, 0) is 54.4 Å². The first-order valence-corrected chi connectivity index (χ1v) is 15.7. The summed E-state index contributed by atoms with van der Waals surface area (Å²) >= 11 is 1.56. The summed E-state index contributed by atoms with van der Waals surface area (Å²) in [6, 6.07) is 22.5. The fourth-order valence-electron chi connectivity index (χ4n) is 4.05. The van der Waals surface area contributed by atoms with Crippen LogP contribution >= 0.6 is 11.3 Å². The molecule has 4 aromatic rings. The van der Waals surface area contributed by atoms with Gasteiger partial charge in [0, 0.05) is 18.5 Å². The molecule has 0 aliphatic heterocycles. The lowest BCUT2D eigenvalue weighted by molar-refractivity contribution is 0.0302. The minimum absolute atomic E-state index is 0.0674. The fraction of sp³-hybridized carbons (Fsp3) is 0.323. The van der Waals surface area contributed by atoms with Gasteiger partial charge in [-0.15, -0.1) is 11.3 Å². The van der Waals surface area contributed by atoms with Gasteiger partial charge < -0.3 is 23.8 Å². The largest absolute Gasteiger partial charge is 0.497 e. The minimum Gasteiger partial charge on any atom is -0.497 e. The molecule has 1 aromatic heterocycles. The zero-order chi connectivity index (χ0) is 29.8. The van der Waals surface area contributed by atoms with Crippen LogP contribution in [0.15, 0.2) is 83.1 Å². The molecule has 0 saturated carbocycles. The highest BCUT2D eigenvalue weighted by atomic mass is 32.2. The predicted octanol–water partition coefficient (Wildman–Crippen LogP) is 5.61. The molecular weight excluding hydrogens is 576 g/mol. The standard InChI is InChI=1S/C31H36N2O7S2/c1-24-10-12-30(13-11-24)42(34,35)40-17-16-38-14-15-39-22-27-23-41-31(32-27)33(20-25-6-4-8-28(18-25)36-2)21-26-7-5-9-29(19-26)37-3/h4-13,18-19,23H,14-17,20-22H2,1-3H3. The summed E-state index contributed by atoms with van der Waals surface area (Å²) < 4.78 is 51.5. The van der Waals surface area contributed by atoms with E-state index in [1.807, 2.05) is 48.7 Å². The Balaban J connectivity index is 1.25. The van der Waals surface area contributed by atoms with E-state index in [0.29, 0.717) is 32.9 Å². The van der Waals surface area contributed by atoms with E-state index in [2.05, 4.69) is 17.0 Å². The van der Waals surface area contributed by atoms with Crippen LogP contribution in [-0.4, -0.2) is 54.0 Å². The number of thiazole rings is 1. The van der Waals surface area contributed by atoms with Gasteiger partial charge >= 0.3 is 0 Å². The molecule has 0 radical (unpaired) electrons. The summed E-state index contributed by atoms with van der Waals surface area (Å²) in [5, 5.41) is 2.87. The Hall–Kier alpha value is -3.48. The van der Waals surface area contributed by atoms with Crippen LogP contribution in [0.1, 0.15) is 22.4 Å². The molecule has 0 saturated heterocycles. The number of methoxy groups -OCH3 is 2. The SMILES string of the molecule is COc1cccc(CN(Cc2cccc(OC)c2)c2nc(COCCOCCOS(=O)(=O)c3ccc(C)cc3)cs2)c1. The number of anilines is 1. The summed E-state index contributed by atoms with van der Waals surface area (Å²) in [5.74, 6) is 1.62. The van der Waals surface area contributed by atoms with Gasteiger partial charge in [0.1, 0.15) is 11.5 Å².